The van der Waals surface area contributed by atoms with E-state index in [1.54, 1.807) is 10.9 Å². The SMILES string of the molecule is O=C(Cn1cnc2ccccc21)NCc1nc(-c2ccccc2)no1. The van der Waals surface area contributed by atoms with Gasteiger partial charge in [-0.1, -0.05) is 47.6 Å². The third-order valence-corrected chi connectivity index (χ3v) is 3.78. The third kappa shape index (κ3) is 3.25. The van der Waals surface area contributed by atoms with Gasteiger partial charge in [0.15, 0.2) is 0 Å². The van der Waals surface area contributed by atoms with Gasteiger partial charge in [0.2, 0.25) is 17.6 Å². The molecule has 0 saturated carbocycles. The van der Waals surface area contributed by atoms with Gasteiger partial charge in [0, 0.05) is 5.56 Å². The van der Waals surface area contributed by atoms with E-state index in [4.69, 9.17) is 4.52 Å². The maximum Gasteiger partial charge on any atom is 0.246 e. The smallest absolute Gasteiger partial charge is 0.246 e. The molecule has 0 aliphatic rings. The highest BCUT2D eigenvalue weighted by molar-refractivity contribution is 5.80. The Hall–Kier alpha value is -3.48. The van der Waals surface area contributed by atoms with Crippen molar-refractivity contribution in [3.8, 4) is 11.4 Å². The van der Waals surface area contributed by atoms with E-state index in [9.17, 15) is 4.79 Å². The third-order valence-electron chi connectivity index (χ3n) is 3.78. The van der Waals surface area contributed by atoms with Crippen LogP contribution in [0.25, 0.3) is 22.4 Å². The number of para-hydroxylation sites is 2. The number of benzene rings is 2. The molecule has 0 radical (unpaired) electrons. The lowest BCUT2D eigenvalue weighted by Crippen LogP contribution is -2.27. The second-order valence-corrected chi connectivity index (χ2v) is 5.52. The van der Waals surface area contributed by atoms with Gasteiger partial charge in [-0.15, -0.1) is 0 Å². The molecule has 0 spiro atoms. The lowest BCUT2D eigenvalue weighted by Gasteiger charge is -2.04. The molecule has 7 heteroatoms. The number of rotatable bonds is 5. The van der Waals surface area contributed by atoms with Crippen LogP contribution in [0.3, 0.4) is 0 Å². The van der Waals surface area contributed by atoms with Crippen molar-refractivity contribution in [2.75, 3.05) is 0 Å². The summed E-state index contributed by atoms with van der Waals surface area (Å²) >= 11 is 0. The van der Waals surface area contributed by atoms with Crippen LogP contribution in [0.4, 0.5) is 0 Å². The number of carbonyl (C=O) groups is 1. The number of imidazole rings is 1. The lowest BCUT2D eigenvalue weighted by molar-refractivity contribution is -0.121. The Kier molecular flexibility index (Phi) is 3.96. The Morgan fingerprint density at radius 2 is 1.88 bits per heavy atom. The summed E-state index contributed by atoms with van der Waals surface area (Å²) in [6, 6.07) is 17.2. The predicted molar refractivity (Wildman–Crippen MR) is 91.3 cm³/mol. The fraction of sp³-hybridized carbons (Fsp3) is 0.111. The van der Waals surface area contributed by atoms with Gasteiger partial charge < -0.3 is 14.4 Å². The molecule has 0 bridgehead atoms. The molecule has 0 saturated heterocycles. The molecule has 0 unspecified atom stereocenters. The highest BCUT2D eigenvalue weighted by atomic mass is 16.5. The summed E-state index contributed by atoms with van der Waals surface area (Å²) in [4.78, 5) is 20.7. The second-order valence-electron chi connectivity index (χ2n) is 5.52. The molecule has 1 amide bonds. The van der Waals surface area contributed by atoms with E-state index < -0.39 is 0 Å². The monoisotopic (exact) mass is 333 g/mol. The average molecular weight is 333 g/mol. The number of amides is 1. The summed E-state index contributed by atoms with van der Waals surface area (Å²) in [7, 11) is 0. The van der Waals surface area contributed by atoms with Gasteiger partial charge in [0.05, 0.1) is 23.9 Å². The molecule has 7 nitrogen and oxygen atoms in total. The molecular weight excluding hydrogens is 318 g/mol. The van der Waals surface area contributed by atoms with E-state index in [0.717, 1.165) is 16.6 Å². The van der Waals surface area contributed by atoms with Crippen LogP contribution in [0.1, 0.15) is 5.89 Å². The Morgan fingerprint density at radius 1 is 1.08 bits per heavy atom. The van der Waals surface area contributed by atoms with Crippen LogP contribution in [0.5, 0.6) is 0 Å². The van der Waals surface area contributed by atoms with Gasteiger partial charge >= 0.3 is 0 Å². The van der Waals surface area contributed by atoms with Crippen LogP contribution in [0.2, 0.25) is 0 Å². The van der Waals surface area contributed by atoms with Gasteiger partial charge in [0.25, 0.3) is 0 Å². The zero-order valence-corrected chi connectivity index (χ0v) is 13.3. The number of aromatic nitrogens is 4. The maximum absolute atomic E-state index is 12.2. The molecule has 2 aromatic heterocycles. The largest absolute Gasteiger partial charge is 0.345 e. The minimum absolute atomic E-state index is 0.150. The van der Waals surface area contributed by atoms with Gasteiger partial charge in [-0.25, -0.2) is 4.98 Å². The van der Waals surface area contributed by atoms with Crippen LogP contribution in [-0.2, 0) is 17.9 Å². The van der Waals surface area contributed by atoms with E-state index in [1.165, 1.54) is 0 Å². The van der Waals surface area contributed by atoms with E-state index in [2.05, 4.69) is 20.4 Å². The fourth-order valence-corrected chi connectivity index (χ4v) is 2.55. The van der Waals surface area contributed by atoms with Gasteiger partial charge in [-0.2, -0.15) is 4.98 Å². The van der Waals surface area contributed by atoms with E-state index in [0.29, 0.717) is 11.7 Å². The highest BCUT2D eigenvalue weighted by Gasteiger charge is 2.11. The average Bonchev–Trinajstić information content (AvgIpc) is 3.28. The van der Waals surface area contributed by atoms with Crippen molar-refractivity contribution in [3.63, 3.8) is 0 Å². The summed E-state index contributed by atoms with van der Waals surface area (Å²) in [5.41, 5.74) is 2.65. The Bertz CT molecular complexity index is 1010. The molecule has 1 N–H and O–H groups in total. The Balaban J connectivity index is 1.38. The van der Waals surface area contributed by atoms with E-state index in [1.807, 2.05) is 54.6 Å². The number of hydrogen-bond donors (Lipinski definition) is 1. The first kappa shape index (κ1) is 15.1. The number of hydrogen-bond acceptors (Lipinski definition) is 5. The van der Waals surface area contributed by atoms with Gasteiger partial charge in [0.1, 0.15) is 6.54 Å². The molecule has 124 valence electrons. The van der Waals surface area contributed by atoms with Crippen LogP contribution in [-0.4, -0.2) is 25.6 Å². The molecule has 0 aliphatic carbocycles. The molecule has 0 atom stereocenters. The van der Waals surface area contributed by atoms with Crippen molar-refractivity contribution >= 4 is 16.9 Å². The Morgan fingerprint density at radius 3 is 2.76 bits per heavy atom. The molecule has 25 heavy (non-hydrogen) atoms. The molecule has 0 aliphatic heterocycles. The lowest BCUT2D eigenvalue weighted by atomic mass is 10.2. The number of nitrogens with one attached hydrogen (secondary N) is 1. The molecule has 2 heterocycles. The van der Waals surface area contributed by atoms with E-state index >= 15 is 0 Å². The summed E-state index contributed by atoms with van der Waals surface area (Å²) in [6.07, 6.45) is 1.66. The van der Waals surface area contributed by atoms with Gasteiger partial charge in [-0.3, -0.25) is 4.79 Å². The summed E-state index contributed by atoms with van der Waals surface area (Å²) < 4.78 is 6.98. The maximum atomic E-state index is 12.2. The molecule has 4 aromatic rings. The van der Waals surface area contributed by atoms with Crippen molar-refractivity contribution in [1.29, 1.82) is 0 Å². The quantitative estimate of drug-likeness (QED) is 0.606. The van der Waals surface area contributed by atoms with Crippen molar-refractivity contribution < 1.29 is 9.32 Å². The van der Waals surface area contributed by atoms with Crippen molar-refractivity contribution in [3.05, 3.63) is 66.8 Å². The molecule has 0 fully saturated rings. The van der Waals surface area contributed by atoms with Crippen molar-refractivity contribution in [2.24, 2.45) is 0 Å². The first-order valence-electron chi connectivity index (χ1n) is 7.84. The fourth-order valence-electron chi connectivity index (χ4n) is 2.55. The predicted octanol–water partition coefficient (Wildman–Crippen LogP) is 2.40. The standard InChI is InChI=1S/C18H15N5O2/c24-16(11-23-12-20-14-8-4-5-9-15(14)23)19-10-17-21-18(22-25-17)13-6-2-1-3-7-13/h1-9,12H,10-11H2,(H,19,24). The molecule has 2 aromatic carbocycles. The first-order chi connectivity index (χ1) is 12.3. The van der Waals surface area contributed by atoms with Crippen LogP contribution in [0, 0.1) is 0 Å². The van der Waals surface area contributed by atoms with Crippen LogP contribution < -0.4 is 5.32 Å². The van der Waals surface area contributed by atoms with E-state index in [-0.39, 0.29) is 19.0 Å². The van der Waals surface area contributed by atoms with Gasteiger partial charge in [-0.05, 0) is 12.1 Å². The zero-order valence-electron chi connectivity index (χ0n) is 13.3. The molecular formula is C18H15N5O2. The van der Waals surface area contributed by atoms with Crippen LogP contribution >= 0.6 is 0 Å². The first-order valence-corrected chi connectivity index (χ1v) is 7.84. The Labute approximate surface area is 143 Å². The van der Waals surface area contributed by atoms with Crippen LogP contribution in [0.15, 0.2) is 65.4 Å². The second kappa shape index (κ2) is 6.56. The topological polar surface area (TPSA) is 85.8 Å². The summed E-state index contributed by atoms with van der Waals surface area (Å²) in [5.74, 6) is 0.718. The minimum atomic E-state index is -0.150. The minimum Gasteiger partial charge on any atom is -0.345 e. The number of fused-ring (bicyclic) bond motifs is 1. The van der Waals surface area contributed by atoms with Crippen molar-refractivity contribution in [2.45, 2.75) is 13.1 Å². The normalized spacial score (nSPS) is 10.9. The molecule has 4 rings (SSSR count). The zero-order chi connectivity index (χ0) is 17.1. The number of carbonyl (C=O) groups excluding carboxylic acids is 1. The van der Waals surface area contributed by atoms with Crippen molar-refractivity contribution in [1.82, 2.24) is 25.0 Å². The number of nitrogens with zero attached hydrogens (tertiary/aromatic N) is 4. The summed E-state index contributed by atoms with van der Waals surface area (Å²) in [6.45, 7) is 0.367. The highest BCUT2D eigenvalue weighted by Crippen LogP contribution is 2.14. The summed E-state index contributed by atoms with van der Waals surface area (Å²) in [5, 5.41) is 6.71.